The molecule has 2 rings (SSSR count). The monoisotopic (exact) mass is 275 g/mol. The summed E-state index contributed by atoms with van der Waals surface area (Å²) in [6.07, 6.45) is 1.43. The molecule has 0 saturated carbocycles. The number of pyridine rings is 1. The zero-order valence-electron chi connectivity index (χ0n) is 11.0. The number of amides is 1. The molecule has 6 nitrogen and oxygen atoms in total. The van der Waals surface area contributed by atoms with E-state index in [1.807, 2.05) is 12.1 Å². The maximum absolute atomic E-state index is 12.5. The second kappa shape index (κ2) is 6.31. The van der Waals surface area contributed by atoms with E-state index in [9.17, 15) is 4.79 Å². The van der Waals surface area contributed by atoms with E-state index in [1.54, 1.807) is 12.1 Å². The van der Waals surface area contributed by atoms with Crippen molar-refractivity contribution in [1.82, 2.24) is 9.88 Å². The summed E-state index contributed by atoms with van der Waals surface area (Å²) in [5.41, 5.74) is 6.22. The molecule has 1 aromatic carbocycles. The van der Waals surface area contributed by atoms with Crippen molar-refractivity contribution in [2.24, 2.45) is 0 Å². The van der Waals surface area contributed by atoms with Crippen LogP contribution in [0.15, 0.2) is 30.5 Å². The summed E-state index contributed by atoms with van der Waals surface area (Å²) >= 11 is 0. The minimum atomic E-state index is -0.281. The molecule has 0 fully saturated rings. The fourth-order valence-corrected chi connectivity index (χ4v) is 2.11. The van der Waals surface area contributed by atoms with Gasteiger partial charge in [-0.05, 0) is 5.39 Å². The highest BCUT2D eigenvalue weighted by atomic mass is 16.3. The smallest absolute Gasteiger partial charge is 0.256 e. The number of hydrogen-bond acceptors (Lipinski definition) is 5. The van der Waals surface area contributed by atoms with Crippen LogP contribution in [0.3, 0.4) is 0 Å². The van der Waals surface area contributed by atoms with Crippen LogP contribution in [0, 0.1) is 0 Å². The first-order valence-electron chi connectivity index (χ1n) is 6.33. The van der Waals surface area contributed by atoms with Crippen molar-refractivity contribution in [2.45, 2.75) is 0 Å². The lowest BCUT2D eigenvalue weighted by Crippen LogP contribution is -2.36. The molecule has 0 atom stereocenters. The second-order valence-corrected chi connectivity index (χ2v) is 4.34. The van der Waals surface area contributed by atoms with Gasteiger partial charge in [0.2, 0.25) is 0 Å². The molecule has 4 N–H and O–H groups in total. The fourth-order valence-electron chi connectivity index (χ4n) is 2.11. The van der Waals surface area contributed by atoms with Gasteiger partial charge in [0.1, 0.15) is 5.82 Å². The standard InChI is InChI=1S/C14H17N3O3/c15-13-11-4-2-1-3-10(11)12(9-16-13)14(20)17(5-7-18)6-8-19/h1-4,9,18-19H,5-8H2,(H2,15,16). The molecule has 106 valence electrons. The Kier molecular flexibility index (Phi) is 4.49. The van der Waals surface area contributed by atoms with Gasteiger partial charge in [-0.15, -0.1) is 0 Å². The van der Waals surface area contributed by atoms with Crippen LogP contribution in [-0.4, -0.2) is 52.3 Å². The molecular formula is C14H17N3O3. The zero-order chi connectivity index (χ0) is 14.5. The normalized spacial score (nSPS) is 10.7. The summed E-state index contributed by atoms with van der Waals surface area (Å²) < 4.78 is 0. The molecule has 0 aliphatic rings. The lowest BCUT2D eigenvalue weighted by atomic mass is 10.1. The number of carbonyl (C=O) groups is 1. The van der Waals surface area contributed by atoms with Crippen LogP contribution in [0.2, 0.25) is 0 Å². The summed E-state index contributed by atoms with van der Waals surface area (Å²) in [6.45, 7) is 0.00827. The Morgan fingerprint density at radius 1 is 1.15 bits per heavy atom. The molecule has 6 heteroatoms. The average molecular weight is 275 g/mol. The van der Waals surface area contributed by atoms with E-state index in [1.165, 1.54) is 11.1 Å². The van der Waals surface area contributed by atoms with E-state index in [-0.39, 0.29) is 32.2 Å². The van der Waals surface area contributed by atoms with Crippen LogP contribution in [0.4, 0.5) is 5.82 Å². The summed E-state index contributed by atoms with van der Waals surface area (Å²) in [5, 5.41) is 19.4. The van der Waals surface area contributed by atoms with Crippen LogP contribution in [0.5, 0.6) is 0 Å². The average Bonchev–Trinajstić information content (AvgIpc) is 2.47. The van der Waals surface area contributed by atoms with Gasteiger partial charge in [-0.2, -0.15) is 0 Å². The summed E-state index contributed by atoms with van der Waals surface area (Å²) in [7, 11) is 0. The van der Waals surface area contributed by atoms with Crippen LogP contribution < -0.4 is 5.73 Å². The maximum Gasteiger partial charge on any atom is 0.256 e. The predicted octanol–water partition coefficient (Wildman–Crippen LogP) is 0.244. The summed E-state index contributed by atoms with van der Waals surface area (Å²) in [6, 6.07) is 7.25. The molecule has 1 heterocycles. The Labute approximate surface area is 116 Å². The second-order valence-electron chi connectivity index (χ2n) is 4.34. The van der Waals surface area contributed by atoms with E-state index in [0.717, 1.165) is 0 Å². The third-order valence-electron chi connectivity index (χ3n) is 3.08. The van der Waals surface area contributed by atoms with Crippen molar-refractivity contribution in [3.63, 3.8) is 0 Å². The molecule has 1 amide bonds. The van der Waals surface area contributed by atoms with E-state index in [0.29, 0.717) is 22.2 Å². The molecule has 0 aliphatic carbocycles. The zero-order valence-corrected chi connectivity index (χ0v) is 11.0. The van der Waals surface area contributed by atoms with Gasteiger partial charge in [-0.3, -0.25) is 4.79 Å². The largest absolute Gasteiger partial charge is 0.395 e. The summed E-state index contributed by atoms with van der Waals surface area (Å²) in [4.78, 5) is 17.9. The molecule has 0 spiro atoms. The molecule has 20 heavy (non-hydrogen) atoms. The first-order valence-corrected chi connectivity index (χ1v) is 6.33. The Bertz CT molecular complexity index is 610. The van der Waals surface area contributed by atoms with Gasteiger partial charge >= 0.3 is 0 Å². The number of hydrogen-bond donors (Lipinski definition) is 3. The van der Waals surface area contributed by atoms with Crippen molar-refractivity contribution in [2.75, 3.05) is 32.0 Å². The molecule has 0 aliphatic heterocycles. The van der Waals surface area contributed by atoms with Crippen molar-refractivity contribution in [3.05, 3.63) is 36.0 Å². The van der Waals surface area contributed by atoms with E-state index in [2.05, 4.69) is 4.98 Å². The van der Waals surface area contributed by atoms with E-state index in [4.69, 9.17) is 15.9 Å². The Hall–Kier alpha value is -2.18. The number of fused-ring (bicyclic) bond motifs is 1. The predicted molar refractivity (Wildman–Crippen MR) is 76.2 cm³/mol. The minimum absolute atomic E-state index is 0.161. The number of benzene rings is 1. The lowest BCUT2D eigenvalue weighted by molar-refractivity contribution is 0.0686. The maximum atomic E-state index is 12.5. The van der Waals surface area contributed by atoms with Gasteiger partial charge < -0.3 is 20.8 Å². The Morgan fingerprint density at radius 3 is 2.35 bits per heavy atom. The number of aromatic nitrogens is 1. The highest BCUT2D eigenvalue weighted by Crippen LogP contribution is 2.23. The van der Waals surface area contributed by atoms with Gasteiger partial charge in [-0.25, -0.2) is 4.98 Å². The quantitative estimate of drug-likeness (QED) is 0.726. The third-order valence-corrected chi connectivity index (χ3v) is 3.08. The molecule has 0 bridgehead atoms. The van der Waals surface area contributed by atoms with Crippen molar-refractivity contribution in [3.8, 4) is 0 Å². The molecular weight excluding hydrogens is 258 g/mol. The number of rotatable bonds is 5. The van der Waals surface area contributed by atoms with Gasteiger partial charge in [0.05, 0.1) is 18.8 Å². The van der Waals surface area contributed by atoms with E-state index < -0.39 is 0 Å². The number of anilines is 1. The first-order chi connectivity index (χ1) is 9.69. The van der Waals surface area contributed by atoms with Gasteiger partial charge in [0.15, 0.2) is 0 Å². The number of nitrogens with zero attached hydrogens (tertiary/aromatic N) is 2. The summed E-state index contributed by atoms with van der Waals surface area (Å²) in [5.74, 6) is 0.0878. The van der Waals surface area contributed by atoms with Crippen molar-refractivity contribution < 1.29 is 15.0 Å². The SMILES string of the molecule is Nc1ncc(C(=O)N(CCO)CCO)c2ccccc12. The van der Waals surface area contributed by atoms with Crippen LogP contribution in [0.25, 0.3) is 10.8 Å². The van der Waals surface area contributed by atoms with Crippen molar-refractivity contribution in [1.29, 1.82) is 0 Å². The van der Waals surface area contributed by atoms with Crippen molar-refractivity contribution >= 4 is 22.5 Å². The molecule has 0 radical (unpaired) electrons. The number of carbonyl (C=O) groups excluding carboxylic acids is 1. The van der Waals surface area contributed by atoms with Crippen LogP contribution >= 0.6 is 0 Å². The van der Waals surface area contributed by atoms with Gasteiger partial charge in [0, 0.05) is 24.7 Å². The fraction of sp³-hybridized carbons (Fsp3) is 0.286. The number of aliphatic hydroxyl groups excluding tert-OH is 2. The third kappa shape index (κ3) is 2.71. The lowest BCUT2D eigenvalue weighted by Gasteiger charge is -2.21. The molecule has 0 unspecified atom stereocenters. The highest BCUT2D eigenvalue weighted by molar-refractivity contribution is 6.08. The number of nitrogen functional groups attached to an aromatic ring is 1. The van der Waals surface area contributed by atoms with Gasteiger partial charge in [0.25, 0.3) is 5.91 Å². The van der Waals surface area contributed by atoms with E-state index >= 15 is 0 Å². The molecule has 1 aromatic heterocycles. The van der Waals surface area contributed by atoms with Gasteiger partial charge in [-0.1, -0.05) is 24.3 Å². The first kappa shape index (κ1) is 14.2. The number of nitrogens with two attached hydrogens (primary N) is 1. The topological polar surface area (TPSA) is 99.7 Å². The Morgan fingerprint density at radius 2 is 1.75 bits per heavy atom. The minimum Gasteiger partial charge on any atom is -0.395 e. The molecule has 0 saturated heterocycles. The van der Waals surface area contributed by atoms with Crippen LogP contribution in [-0.2, 0) is 0 Å². The Balaban J connectivity index is 2.46. The highest BCUT2D eigenvalue weighted by Gasteiger charge is 2.18. The van der Waals surface area contributed by atoms with Crippen LogP contribution in [0.1, 0.15) is 10.4 Å². The molecule has 2 aromatic rings. The number of aliphatic hydroxyl groups is 2.